The molecule has 5 nitrogen and oxygen atoms in total. The Balaban J connectivity index is 1.49. The van der Waals surface area contributed by atoms with Crippen LogP contribution >= 0.6 is 27.5 Å². The molecule has 1 aliphatic carbocycles. The molecule has 0 aliphatic heterocycles. The molecule has 4 rings (SSSR count). The van der Waals surface area contributed by atoms with Crippen LogP contribution in [-0.2, 0) is 9.53 Å². The number of ether oxygens (including phenoxy) is 1. The van der Waals surface area contributed by atoms with Crippen LogP contribution in [0.1, 0.15) is 35.1 Å². The van der Waals surface area contributed by atoms with Gasteiger partial charge in [0.05, 0.1) is 17.5 Å². The predicted molar refractivity (Wildman–Crippen MR) is 122 cm³/mol. The number of hydrogen-bond donors (Lipinski definition) is 2. The van der Waals surface area contributed by atoms with E-state index in [1.54, 1.807) is 18.2 Å². The van der Waals surface area contributed by atoms with Gasteiger partial charge in [0.2, 0.25) is 0 Å². The summed E-state index contributed by atoms with van der Waals surface area (Å²) in [6.45, 7) is 0.154. The summed E-state index contributed by atoms with van der Waals surface area (Å²) in [4.78, 5) is 23.9. The number of halogens is 2. The van der Waals surface area contributed by atoms with Crippen molar-refractivity contribution in [2.24, 2.45) is 0 Å². The fourth-order valence-corrected chi connectivity index (χ4v) is 4.37. The van der Waals surface area contributed by atoms with Gasteiger partial charge in [-0.3, -0.25) is 4.79 Å². The van der Waals surface area contributed by atoms with Crippen molar-refractivity contribution in [3.8, 4) is 11.1 Å². The molecule has 0 heterocycles. The van der Waals surface area contributed by atoms with Crippen molar-refractivity contribution < 1.29 is 19.4 Å². The molecule has 1 aliphatic rings. The summed E-state index contributed by atoms with van der Waals surface area (Å²) in [5.41, 5.74) is 5.08. The maximum Gasteiger partial charge on any atom is 0.407 e. The molecule has 0 saturated carbocycles. The number of carboxylic acids is 1. The monoisotopic (exact) mass is 499 g/mol. The van der Waals surface area contributed by atoms with Gasteiger partial charge in [-0.05, 0) is 55.9 Å². The Morgan fingerprint density at radius 3 is 2.23 bits per heavy atom. The first-order valence-corrected chi connectivity index (χ1v) is 10.9. The molecule has 2 N–H and O–H groups in total. The SMILES string of the molecule is O=C(O)C[C@H](NC(=O)OCC1c2ccccc2-c2ccccc21)c1ccc(Br)c(Cl)c1. The number of fused-ring (bicyclic) bond motifs is 3. The lowest BCUT2D eigenvalue weighted by Crippen LogP contribution is -2.31. The fourth-order valence-electron chi connectivity index (χ4n) is 3.94. The number of nitrogens with one attached hydrogen (secondary N) is 1. The Labute approximate surface area is 193 Å². The molecule has 0 radical (unpaired) electrons. The van der Waals surface area contributed by atoms with Crippen molar-refractivity contribution in [2.75, 3.05) is 6.61 Å². The van der Waals surface area contributed by atoms with Gasteiger partial charge in [0, 0.05) is 10.4 Å². The quantitative estimate of drug-likeness (QED) is 0.425. The van der Waals surface area contributed by atoms with Crippen LogP contribution in [0.25, 0.3) is 11.1 Å². The first-order valence-electron chi connectivity index (χ1n) is 9.72. The highest BCUT2D eigenvalue weighted by Gasteiger charge is 2.29. The lowest BCUT2D eigenvalue weighted by Gasteiger charge is -2.19. The summed E-state index contributed by atoms with van der Waals surface area (Å²) in [6, 6.07) is 20.4. The summed E-state index contributed by atoms with van der Waals surface area (Å²) in [6.07, 6.45) is -0.963. The van der Waals surface area contributed by atoms with Crippen molar-refractivity contribution in [3.63, 3.8) is 0 Å². The topological polar surface area (TPSA) is 75.6 Å². The molecule has 3 aromatic carbocycles. The Kier molecular flexibility index (Phi) is 6.30. The third-order valence-corrected chi connectivity index (χ3v) is 6.59. The second-order valence-electron chi connectivity index (χ2n) is 7.29. The number of carbonyl (C=O) groups is 2. The minimum atomic E-state index is -1.04. The largest absolute Gasteiger partial charge is 0.481 e. The van der Waals surface area contributed by atoms with Crippen molar-refractivity contribution >= 4 is 39.6 Å². The van der Waals surface area contributed by atoms with E-state index in [1.807, 2.05) is 36.4 Å². The average Bonchev–Trinajstić information content (AvgIpc) is 3.07. The standard InChI is InChI=1S/C24H19BrClNO4/c25-20-10-9-14(11-21(20)26)22(12-23(28)29)27-24(30)31-13-19-17-7-3-1-5-15(17)16-6-2-4-8-18(16)19/h1-11,19,22H,12-13H2,(H,27,30)(H,28,29)/t22-/m0/s1. The van der Waals surface area contributed by atoms with Crippen molar-refractivity contribution in [1.82, 2.24) is 5.32 Å². The third-order valence-electron chi connectivity index (χ3n) is 5.36. The van der Waals surface area contributed by atoms with E-state index in [-0.39, 0.29) is 18.9 Å². The summed E-state index contributed by atoms with van der Waals surface area (Å²) >= 11 is 9.44. The minimum Gasteiger partial charge on any atom is -0.481 e. The van der Waals surface area contributed by atoms with E-state index >= 15 is 0 Å². The normalized spacial score (nSPS) is 13.2. The molecule has 0 saturated heterocycles. The van der Waals surface area contributed by atoms with Crippen LogP contribution in [-0.4, -0.2) is 23.8 Å². The van der Waals surface area contributed by atoms with Crippen LogP contribution in [0.15, 0.2) is 71.2 Å². The van der Waals surface area contributed by atoms with E-state index in [4.69, 9.17) is 16.3 Å². The van der Waals surface area contributed by atoms with E-state index in [0.717, 1.165) is 22.3 Å². The molecular formula is C24H19BrClNO4. The first kappa shape index (κ1) is 21.4. The van der Waals surface area contributed by atoms with E-state index in [1.165, 1.54) is 0 Å². The van der Waals surface area contributed by atoms with Crippen LogP contribution in [0.3, 0.4) is 0 Å². The molecule has 0 bridgehead atoms. The highest BCUT2D eigenvalue weighted by molar-refractivity contribution is 9.10. The summed E-state index contributed by atoms with van der Waals surface area (Å²) < 4.78 is 6.23. The molecule has 1 amide bonds. The van der Waals surface area contributed by atoms with Crippen LogP contribution in [0.4, 0.5) is 4.79 Å². The molecule has 1 atom stereocenters. The third kappa shape index (κ3) is 4.60. The van der Waals surface area contributed by atoms with Crippen molar-refractivity contribution in [2.45, 2.75) is 18.4 Å². The number of rotatable bonds is 6. The molecule has 0 unspecified atom stereocenters. The van der Waals surface area contributed by atoms with E-state index in [9.17, 15) is 14.7 Å². The van der Waals surface area contributed by atoms with Gasteiger partial charge >= 0.3 is 12.1 Å². The molecule has 0 aromatic heterocycles. The van der Waals surface area contributed by atoms with Gasteiger partial charge in [0.15, 0.2) is 0 Å². The van der Waals surface area contributed by atoms with Gasteiger partial charge in [0.1, 0.15) is 6.61 Å². The van der Waals surface area contributed by atoms with Crippen molar-refractivity contribution in [1.29, 1.82) is 0 Å². The van der Waals surface area contributed by atoms with Crippen LogP contribution in [0.5, 0.6) is 0 Å². The Morgan fingerprint density at radius 1 is 1.03 bits per heavy atom. The zero-order valence-electron chi connectivity index (χ0n) is 16.3. The maximum atomic E-state index is 12.6. The van der Waals surface area contributed by atoms with Gasteiger partial charge in [0.25, 0.3) is 0 Å². The number of carbonyl (C=O) groups excluding carboxylic acids is 1. The van der Waals surface area contributed by atoms with E-state index in [2.05, 4.69) is 33.4 Å². The second kappa shape index (κ2) is 9.12. The van der Waals surface area contributed by atoms with Gasteiger partial charge in [-0.2, -0.15) is 0 Å². The molecule has 3 aromatic rings. The fraction of sp³-hybridized carbons (Fsp3) is 0.167. The molecule has 158 valence electrons. The zero-order valence-corrected chi connectivity index (χ0v) is 18.7. The Morgan fingerprint density at radius 2 is 1.65 bits per heavy atom. The molecule has 0 spiro atoms. The number of benzene rings is 3. The highest BCUT2D eigenvalue weighted by atomic mass is 79.9. The highest BCUT2D eigenvalue weighted by Crippen LogP contribution is 2.44. The van der Waals surface area contributed by atoms with Gasteiger partial charge in [-0.15, -0.1) is 0 Å². The van der Waals surface area contributed by atoms with Crippen molar-refractivity contribution in [3.05, 3.63) is 92.9 Å². The van der Waals surface area contributed by atoms with Crippen LogP contribution < -0.4 is 5.32 Å². The van der Waals surface area contributed by atoms with E-state index in [0.29, 0.717) is 15.1 Å². The maximum absolute atomic E-state index is 12.6. The zero-order chi connectivity index (χ0) is 22.0. The molecule has 31 heavy (non-hydrogen) atoms. The van der Waals surface area contributed by atoms with E-state index < -0.39 is 18.1 Å². The smallest absolute Gasteiger partial charge is 0.407 e. The lowest BCUT2D eigenvalue weighted by atomic mass is 9.98. The molecular weight excluding hydrogens is 482 g/mol. The average molecular weight is 501 g/mol. The minimum absolute atomic E-state index is 0.0711. The molecule has 7 heteroatoms. The second-order valence-corrected chi connectivity index (χ2v) is 8.56. The summed E-state index contributed by atoms with van der Waals surface area (Å²) in [5, 5.41) is 12.4. The number of hydrogen-bond acceptors (Lipinski definition) is 3. The van der Waals surface area contributed by atoms with Gasteiger partial charge < -0.3 is 15.2 Å². The predicted octanol–water partition coefficient (Wildman–Crippen LogP) is 6.16. The number of amides is 1. The Bertz CT molecular complexity index is 1100. The number of carboxylic acid groups (broad SMARTS) is 1. The summed E-state index contributed by atoms with van der Waals surface area (Å²) in [7, 11) is 0. The number of aliphatic carboxylic acids is 1. The van der Waals surface area contributed by atoms with Crippen LogP contribution in [0, 0.1) is 0 Å². The van der Waals surface area contributed by atoms with Crippen LogP contribution in [0.2, 0.25) is 5.02 Å². The lowest BCUT2D eigenvalue weighted by molar-refractivity contribution is -0.137. The number of alkyl carbamates (subject to hydrolysis) is 1. The molecule has 0 fully saturated rings. The first-order chi connectivity index (χ1) is 14.9. The Hall–Kier alpha value is -2.83. The summed E-state index contributed by atoms with van der Waals surface area (Å²) in [5.74, 6) is -1.11. The van der Waals surface area contributed by atoms with Gasteiger partial charge in [-0.1, -0.05) is 66.2 Å². The van der Waals surface area contributed by atoms with Gasteiger partial charge in [-0.25, -0.2) is 4.79 Å².